The topological polar surface area (TPSA) is 0 Å². The fourth-order valence-electron chi connectivity index (χ4n) is 4.11. The standard InChI is InChI=1S/3C11H18.2CH4/c3*1-8(2)10-5-6-11(7-10)9(3)4;;/h2*5,7-9H,6H2,1-4H3;5-6,8-9H,7H2,1-4H3;2*1H4. The Morgan fingerprint density at radius 3 is 0.857 bits per heavy atom. The molecule has 0 saturated carbocycles. The molecule has 0 spiro atoms. The Hall–Kier alpha value is -1.56. The van der Waals surface area contributed by atoms with Crippen LogP contribution in [0.4, 0.5) is 0 Å². The minimum atomic E-state index is 0. The van der Waals surface area contributed by atoms with Gasteiger partial charge in [-0.15, -0.1) is 0 Å². The van der Waals surface area contributed by atoms with Gasteiger partial charge in [-0.3, -0.25) is 0 Å². The van der Waals surface area contributed by atoms with E-state index in [4.69, 9.17) is 0 Å². The van der Waals surface area contributed by atoms with Crippen molar-refractivity contribution in [3.8, 4) is 0 Å². The third kappa shape index (κ3) is 12.3. The first kappa shape index (κ1) is 35.6. The van der Waals surface area contributed by atoms with Crippen molar-refractivity contribution in [2.45, 2.75) is 117 Å². The summed E-state index contributed by atoms with van der Waals surface area (Å²) in [6.45, 7) is 27.2. The smallest absolute Gasteiger partial charge is 0.00971 e. The Kier molecular flexibility index (Phi) is 17.3. The van der Waals surface area contributed by atoms with Gasteiger partial charge >= 0.3 is 0 Å². The maximum absolute atomic E-state index is 2.37. The largest absolute Gasteiger partial charge is 0.0776 e. The Bertz CT molecular complexity index is 727. The highest BCUT2D eigenvalue weighted by Crippen LogP contribution is 2.30. The first-order chi connectivity index (χ1) is 15.3. The average molecular weight is 483 g/mol. The van der Waals surface area contributed by atoms with Gasteiger partial charge in [0.25, 0.3) is 0 Å². The van der Waals surface area contributed by atoms with E-state index < -0.39 is 0 Å². The summed E-state index contributed by atoms with van der Waals surface area (Å²) < 4.78 is 0. The van der Waals surface area contributed by atoms with Crippen molar-refractivity contribution in [1.82, 2.24) is 0 Å². The summed E-state index contributed by atoms with van der Waals surface area (Å²) in [6.07, 6.45) is 17.6. The quantitative estimate of drug-likeness (QED) is 0.353. The summed E-state index contributed by atoms with van der Waals surface area (Å²) >= 11 is 0. The zero-order chi connectivity index (χ0) is 25.3. The van der Waals surface area contributed by atoms with Gasteiger partial charge in [-0.2, -0.15) is 0 Å². The van der Waals surface area contributed by atoms with Crippen LogP contribution in [0.2, 0.25) is 0 Å². The molecule has 0 aliphatic heterocycles. The lowest BCUT2D eigenvalue weighted by atomic mass is 9.95. The molecule has 0 aromatic carbocycles. The molecule has 0 N–H and O–H groups in total. The van der Waals surface area contributed by atoms with E-state index in [1.807, 2.05) is 0 Å². The predicted octanol–water partition coefficient (Wildman–Crippen LogP) is 11.9. The molecule has 0 saturated heterocycles. The van der Waals surface area contributed by atoms with Crippen LogP contribution in [0.5, 0.6) is 0 Å². The second-order valence-corrected chi connectivity index (χ2v) is 11.8. The van der Waals surface area contributed by atoms with E-state index in [0.29, 0.717) is 11.8 Å². The Labute approximate surface area is 222 Å². The molecule has 0 nitrogen and oxygen atoms in total. The van der Waals surface area contributed by atoms with E-state index in [-0.39, 0.29) is 14.9 Å². The highest BCUT2D eigenvalue weighted by atomic mass is 14.2. The van der Waals surface area contributed by atoms with E-state index in [1.54, 1.807) is 22.3 Å². The van der Waals surface area contributed by atoms with Gasteiger partial charge in [0, 0.05) is 0 Å². The first-order valence-corrected chi connectivity index (χ1v) is 13.5. The predicted molar refractivity (Wildman–Crippen MR) is 165 cm³/mol. The summed E-state index contributed by atoms with van der Waals surface area (Å²) in [5, 5.41) is 0. The van der Waals surface area contributed by atoms with Gasteiger partial charge in [-0.25, -0.2) is 0 Å². The summed E-state index contributed by atoms with van der Waals surface area (Å²) in [6, 6.07) is 0. The van der Waals surface area contributed by atoms with Gasteiger partial charge in [0.05, 0.1) is 0 Å². The van der Waals surface area contributed by atoms with Crippen LogP contribution >= 0.6 is 0 Å². The Morgan fingerprint density at radius 2 is 0.714 bits per heavy atom. The normalized spacial score (nSPS) is 16.6. The second kappa shape index (κ2) is 17.0. The molecule has 0 radical (unpaired) electrons. The lowest BCUT2D eigenvalue weighted by Gasteiger charge is -2.10. The zero-order valence-electron chi connectivity index (χ0n) is 24.0. The Morgan fingerprint density at radius 1 is 0.429 bits per heavy atom. The van der Waals surface area contributed by atoms with Crippen molar-refractivity contribution in [1.29, 1.82) is 0 Å². The highest BCUT2D eigenvalue weighted by molar-refractivity contribution is 5.35. The van der Waals surface area contributed by atoms with Crippen LogP contribution in [0.3, 0.4) is 0 Å². The lowest BCUT2D eigenvalue weighted by molar-refractivity contribution is 0.696. The van der Waals surface area contributed by atoms with E-state index in [0.717, 1.165) is 23.7 Å². The van der Waals surface area contributed by atoms with Crippen molar-refractivity contribution in [3.05, 3.63) is 69.9 Å². The maximum Gasteiger partial charge on any atom is -0.00971 e. The molecule has 202 valence electrons. The van der Waals surface area contributed by atoms with Crippen molar-refractivity contribution >= 4 is 0 Å². The minimum Gasteiger partial charge on any atom is -0.0776 e. The van der Waals surface area contributed by atoms with Gasteiger partial charge in [0.1, 0.15) is 0 Å². The third-order valence-electron chi connectivity index (χ3n) is 7.07. The molecule has 0 aromatic rings. The minimum absolute atomic E-state index is 0. The third-order valence-corrected chi connectivity index (χ3v) is 7.07. The summed E-state index contributed by atoms with van der Waals surface area (Å²) in [5.41, 5.74) is 9.41. The van der Waals surface area contributed by atoms with Crippen molar-refractivity contribution in [2.24, 2.45) is 35.5 Å². The lowest BCUT2D eigenvalue weighted by Crippen LogP contribution is -1.95. The van der Waals surface area contributed by atoms with Crippen molar-refractivity contribution in [3.63, 3.8) is 0 Å². The number of hydrogen-bond donors (Lipinski definition) is 0. The van der Waals surface area contributed by atoms with Crippen LogP contribution in [-0.4, -0.2) is 0 Å². The van der Waals surface area contributed by atoms with Gasteiger partial charge < -0.3 is 0 Å². The van der Waals surface area contributed by atoms with Gasteiger partial charge in [-0.1, -0.05) is 157 Å². The molecule has 0 heteroatoms. The van der Waals surface area contributed by atoms with Crippen LogP contribution in [0.1, 0.15) is 117 Å². The Balaban J connectivity index is 0. The summed E-state index contributed by atoms with van der Waals surface area (Å²) in [7, 11) is 0. The van der Waals surface area contributed by atoms with E-state index in [9.17, 15) is 0 Å². The van der Waals surface area contributed by atoms with Crippen LogP contribution in [0.15, 0.2) is 69.9 Å². The highest BCUT2D eigenvalue weighted by Gasteiger charge is 2.13. The van der Waals surface area contributed by atoms with Crippen LogP contribution < -0.4 is 0 Å². The molecular weight excluding hydrogens is 420 g/mol. The molecule has 3 aliphatic carbocycles. The van der Waals surface area contributed by atoms with Gasteiger partial charge in [0.15, 0.2) is 0 Å². The molecule has 0 unspecified atom stereocenters. The molecule has 0 aromatic heterocycles. The van der Waals surface area contributed by atoms with Gasteiger partial charge in [-0.05, 0) is 65.9 Å². The summed E-state index contributed by atoms with van der Waals surface area (Å²) in [5.74, 6) is 4.30. The number of hydrogen-bond acceptors (Lipinski definition) is 0. The molecule has 0 atom stereocenters. The average Bonchev–Trinajstić information content (AvgIpc) is 3.49. The zero-order valence-corrected chi connectivity index (χ0v) is 24.0. The first-order valence-electron chi connectivity index (χ1n) is 13.5. The van der Waals surface area contributed by atoms with Crippen molar-refractivity contribution < 1.29 is 0 Å². The summed E-state index contributed by atoms with van der Waals surface area (Å²) in [4.78, 5) is 0. The van der Waals surface area contributed by atoms with Crippen molar-refractivity contribution in [2.75, 3.05) is 0 Å². The number of rotatable bonds is 6. The number of allylic oxidation sites excluding steroid dienone is 12. The van der Waals surface area contributed by atoms with Crippen LogP contribution in [0.25, 0.3) is 0 Å². The fourth-order valence-corrected chi connectivity index (χ4v) is 4.11. The monoisotopic (exact) mass is 482 g/mol. The van der Waals surface area contributed by atoms with Gasteiger partial charge in [0.2, 0.25) is 0 Å². The maximum atomic E-state index is 2.37. The molecule has 3 rings (SSSR count). The molecule has 0 bridgehead atoms. The van der Waals surface area contributed by atoms with E-state index in [2.05, 4.69) is 120 Å². The second-order valence-electron chi connectivity index (χ2n) is 11.8. The SMILES string of the molecule is C.C.CC(C)C1=CC=C(C(C)C)C1.CC(C)C1=CCC(C(C)C)=C1.CC(C)C1=CCC(C(C)C)=C1. The van der Waals surface area contributed by atoms with Crippen LogP contribution in [-0.2, 0) is 0 Å². The molecule has 0 amide bonds. The van der Waals surface area contributed by atoms with Crippen LogP contribution in [0, 0.1) is 35.5 Å². The molecule has 0 fully saturated rings. The fraction of sp³-hybridized carbons (Fsp3) is 0.657. The molecule has 0 heterocycles. The molecule has 35 heavy (non-hydrogen) atoms. The molecular formula is C35H62. The van der Waals surface area contributed by atoms with E-state index >= 15 is 0 Å². The molecule has 3 aliphatic rings. The van der Waals surface area contributed by atoms with E-state index in [1.165, 1.54) is 30.4 Å².